The van der Waals surface area contributed by atoms with Crippen molar-refractivity contribution >= 4 is 28.5 Å². The largest absolute Gasteiger partial charge is 0.497 e. The number of nitrogens with zero attached hydrogens (tertiary/aromatic N) is 3. The number of nitrogens with one attached hydrogen (secondary N) is 1. The highest BCUT2D eigenvalue weighted by Gasteiger charge is 2.17. The number of carboxylic acids is 1. The molecule has 0 aliphatic rings. The first-order chi connectivity index (χ1) is 14.5. The molecule has 2 heterocycles. The zero-order valence-electron chi connectivity index (χ0n) is 16.7. The number of fused-ring (bicyclic) bond motifs is 3. The average molecular weight is 408 g/mol. The van der Waals surface area contributed by atoms with Gasteiger partial charge >= 0.3 is 5.97 Å². The molecule has 2 aromatic carbocycles. The summed E-state index contributed by atoms with van der Waals surface area (Å²) in [4.78, 5) is 20.4. The highest BCUT2D eigenvalue weighted by molar-refractivity contribution is 5.98. The minimum Gasteiger partial charge on any atom is -0.497 e. The van der Waals surface area contributed by atoms with E-state index in [-0.39, 0.29) is 5.69 Å². The van der Waals surface area contributed by atoms with Gasteiger partial charge in [0.15, 0.2) is 5.69 Å². The summed E-state index contributed by atoms with van der Waals surface area (Å²) < 4.78 is 17.7. The predicted octanol–water partition coefficient (Wildman–Crippen LogP) is 3.22. The SMILES string of the molecule is COc1ccc(CNc2nc3c(OC)cccc3c3nc(C(=O)O)cn23)c(OC)c1. The first kappa shape index (κ1) is 19.3. The standard InChI is InChI=1S/C21H20N4O5/c1-28-13-8-7-12(17(9-13)30-3)10-22-21-24-18-14(5-4-6-16(18)29-2)19-23-15(20(26)27)11-25(19)21/h4-9,11H,10H2,1-3H3,(H,22,24)(H,26,27). The van der Waals surface area contributed by atoms with Gasteiger partial charge in [-0.15, -0.1) is 0 Å². The van der Waals surface area contributed by atoms with Crippen molar-refractivity contribution in [1.82, 2.24) is 14.4 Å². The van der Waals surface area contributed by atoms with Crippen LogP contribution < -0.4 is 19.5 Å². The minimum atomic E-state index is -1.11. The summed E-state index contributed by atoms with van der Waals surface area (Å²) in [5.41, 5.74) is 1.86. The molecule has 9 nitrogen and oxygen atoms in total. The fourth-order valence-electron chi connectivity index (χ4n) is 3.27. The van der Waals surface area contributed by atoms with Crippen LogP contribution in [0.5, 0.6) is 17.2 Å². The second kappa shape index (κ2) is 7.78. The summed E-state index contributed by atoms with van der Waals surface area (Å²) in [6.07, 6.45) is 1.44. The molecule has 2 aromatic heterocycles. The normalized spacial score (nSPS) is 10.9. The summed E-state index contributed by atoms with van der Waals surface area (Å²) in [7, 11) is 4.74. The number of para-hydroxylation sites is 1. The third-order valence-corrected chi connectivity index (χ3v) is 4.76. The van der Waals surface area contributed by atoms with Crippen LogP contribution in [0.25, 0.3) is 16.6 Å². The number of aromatic carboxylic acids is 1. The van der Waals surface area contributed by atoms with Crippen LogP contribution in [-0.4, -0.2) is 46.8 Å². The Hall–Kier alpha value is -4.01. The van der Waals surface area contributed by atoms with Crippen molar-refractivity contribution in [2.75, 3.05) is 26.6 Å². The zero-order valence-corrected chi connectivity index (χ0v) is 16.7. The maximum Gasteiger partial charge on any atom is 0.356 e. The molecule has 9 heteroatoms. The monoisotopic (exact) mass is 408 g/mol. The molecule has 0 radical (unpaired) electrons. The van der Waals surface area contributed by atoms with Gasteiger partial charge in [0, 0.05) is 29.8 Å². The Labute approximate surface area is 171 Å². The third kappa shape index (κ3) is 3.30. The van der Waals surface area contributed by atoms with Crippen molar-refractivity contribution in [2.45, 2.75) is 6.54 Å². The van der Waals surface area contributed by atoms with E-state index in [1.165, 1.54) is 6.20 Å². The van der Waals surface area contributed by atoms with E-state index in [1.807, 2.05) is 24.3 Å². The first-order valence-electron chi connectivity index (χ1n) is 9.09. The summed E-state index contributed by atoms with van der Waals surface area (Å²) in [6.45, 7) is 0.385. The Morgan fingerprint density at radius 1 is 1.07 bits per heavy atom. The molecule has 30 heavy (non-hydrogen) atoms. The molecule has 0 atom stereocenters. The fourth-order valence-corrected chi connectivity index (χ4v) is 3.27. The molecule has 2 N–H and O–H groups in total. The Morgan fingerprint density at radius 3 is 2.57 bits per heavy atom. The lowest BCUT2D eigenvalue weighted by Gasteiger charge is -2.14. The van der Waals surface area contributed by atoms with Crippen LogP contribution in [0.15, 0.2) is 42.6 Å². The lowest BCUT2D eigenvalue weighted by molar-refractivity contribution is 0.0691. The molecular weight excluding hydrogens is 388 g/mol. The van der Waals surface area contributed by atoms with Crippen LogP contribution in [-0.2, 0) is 6.54 Å². The van der Waals surface area contributed by atoms with Crippen molar-refractivity contribution in [1.29, 1.82) is 0 Å². The molecule has 0 spiro atoms. The van der Waals surface area contributed by atoms with Gasteiger partial charge in [-0.05, 0) is 24.3 Å². The van der Waals surface area contributed by atoms with Gasteiger partial charge in [-0.25, -0.2) is 14.8 Å². The molecule has 0 aliphatic heterocycles. The molecule has 4 rings (SSSR count). The second-order valence-corrected chi connectivity index (χ2v) is 6.45. The van der Waals surface area contributed by atoms with Gasteiger partial charge < -0.3 is 24.6 Å². The molecule has 0 aliphatic carbocycles. The van der Waals surface area contributed by atoms with E-state index in [9.17, 15) is 9.90 Å². The van der Waals surface area contributed by atoms with E-state index >= 15 is 0 Å². The summed E-state index contributed by atoms with van der Waals surface area (Å²) in [5.74, 6) is 1.23. The fraction of sp³-hybridized carbons (Fsp3) is 0.190. The van der Waals surface area contributed by atoms with Crippen LogP contribution in [0, 0.1) is 0 Å². The van der Waals surface area contributed by atoms with Crippen LogP contribution >= 0.6 is 0 Å². The Bertz CT molecular complexity index is 1250. The van der Waals surface area contributed by atoms with E-state index in [2.05, 4.69) is 15.3 Å². The number of benzene rings is 2. The maximum absolute atomic E-state index is 11.5. The molecule has 0 fully saturated rings. The van der Waals surface area contributed by atoms with Crippen molar-refractivity contribution < 1.29 is 24.1 Å². The molecule has 4 aromatic rings. The lowest BCUT2D eigenvalue weighted by atomic mass is 10.2. The second-order valence-electron chi connectivity index (χ2n) is 6.45. The summed E-state index contributed by atoms with van der Waals surface area (Å²) >= 11 is 0. The summed E-state index contributed by atoms with van der Waals surface area (Å²) in [6, 6.07) is 11.0. The molecule has 0 amide bonds. The van der Waals surface area contributed by atoms with Gasteiger partial charge in [-0.1, -0.05) is 6.07 Å². The van der Waals surface area contributed by atoms with Crippen molar-refractivity contribution in [2.24, 2.45) is 0 Å². The highest BCUT2D eigenvalue weighted by atomic mass is 16.5. The quantitative estimate of drug-likeness (QED) is 0.480. The van der Waals surface area contributed by atoms with Gasteiger partial charge in [-0.2, -0.15) is 0 Å². The van der Waals surface area contributed by atoms with E-state index < -0.39 is 5.97 Å². The van der Waals surface area contributed by atoms with E-state index in [0.717, 1.165) is 5.56 Å². The number of aromatic nitrogens is 3. The van der Waals surface area contributed by atoms with Crippen molar-refractivity contribution in [3.63, 3.8) is 0 Å². The molecule has 0 saturated carbocycles. The van der Waals surface area contributed by atoms with Gasteiger partial charge in [0.1, 0.15) is 28.4 Å². The van der Waals surface area contributed by atoms with Crippen LogP contribution in [0.4, 0.5) is 5.95 Å². The number of anilines is 1. The number of imidazole rings is 1. The Balaban J connectivity index is 1.82. The number of hydrogen-bond acceptors (Lipinski definition) is 7. The minimum absolute atomic E-state index is 0.0720. The van der Waals surface area contributed by atoms with Crippen LogP contribution in [0.1, 0.15) is 16.1 Å². The molecule has 154 valence electrons. The summed E-state index contributed by atoms with van der Waals surface area (Å²) in [5, 5.41) is 13.3. The third-order valence-electron chi connectivity index (χ3n) is 4.76. The van der Waals surface area contributed by atoms with Crippen molar-refractivity contribution in [3.05, 3.63) is 53.9 Å². The van der Waals surface area contributed by atoms with Gasteiger partial charge in [0.05, 0.1) is 21.3 Å². The topological polar surface area (TPSA) is 107 Å². The number of methoxy groups -OCH3 is 3. The van der Waals surface area contributed by atoms with E-state index in [0.29, 0.717) is 46.3 Å². The molecule has 0 unspecified atom stereocenters. The van der Waals surface area contributed by atoms with Crippen LogP contribution in [0.2, 0.25) is 0 Å². The lowest BCUT2D eigenvalue weighted by Crippen LogP contribution is -2.08. The first-order valence-corrected chi connectivity index (χ1v) is 9.09. The number of carbonyl (C=O) groups is 1. The number of rotatable bonds is 7. The molecule has 0 bridgehead atoms. The highest BCUT2D eigenvalue weighted by Crippen LogP contribution is 2.30. The van der Waals surface area contributed by atoms with Gasteiger partial charge in [-0.3, -0.25) is 4.40 Å². The van der Waals surface area contributed by atoms with Crippen molar-refractivity contribution in [3.8, 4) is 17.2 Å². The van der Waals surface area contributed by atoms with Gasteiger partial charge in [0.2, 0.25) is 5.95 Å². The molecular formula is C21H20N4O5. The zero-order chi connectivity index (χ0) is 21.3. The molecule has 0 saturated heterocycles. The van der Waals surface area contributed by atoms with Crippen LogP contribution in [0.3, 0.4) is 0 Å². The van der Waals surface area contributed by atoms with E-state index in [1.54, 1.807) is 37.9 Å². The average Bonchev–Trinajstić information content (AvgIpc) is 3.23. The predicted molar refractivity (Wildman–Crippen MR) is 111 cm³/mol. The number of ether oxygens (including phenoxy) is 3. The smallest absolute Gasteiger partial charge is 0.356 e. The Kier molecular flexibility index (Phi) is 5.01. The number of hydrogen-bond donors (Lipinski definition) is 2. The Morgan fingerprint density at radius 2 is 1.87 bits per heavy atom. The van der Waals surface area contributed by atoms with Gasteiger partial charge in [0.25, 0.3) is 0 Å². The van der Waals surface area contributed by atoms with E-state index in [4.69, 9.17) is 14.2 Å². The maximum atomic E-state index is 11.5. The number of carboxylic acid groups (broad SMARTS) is 1.